The molecule has 4 unspecified atom stereocenters. The Bertz CT molecular complexity index is 1220. The zero-order chi connectivity index (χ0) is 26.7. The summed E-state index contributed by atoms with van der Waals surface area (Å²) in [4.78, 5) is 29.7. The molecule has 1 N–H and O–H groups in total. The van der Waals surface area contributed by atoms with Crippen molar-refractivity contribution in [1.29, 1.82) is 0 Å². The lowest BCUT2D eigenvalue weighted by atomic mass is 9.74. The summed E-state index contributed by atoms with van der Waals surface area (Å²) in [7, 11) is -3.04. The summed E-state index contributed by atoms with van der Waals surface area (Å²) in [5.41, 5.74) is 1.86. The highest BCUT2D eigenvalue weighted by Gasteiger charge is 2.46. The maximum absolute atomic E-state index is 14.0. The van der Waals surface area contributed by atoms with Gasteiger partial charge in [-0.1, -0.05) is 54.4 Å². The second-order valence-electron chi connectivity index (χ2n) is 9.95. The zero-order valence-electron chi connectivity index (χ0n) is 20.7. The number of carboxylic acid groups (broad SMARTS) is 1. The first-order valence-electron chi connectivity index (χ1n) is 12.6. The van der Waals surface area contributed by atoms with Gasteiger partial charge in [0.1, 0.15) is 0 Å². The van der Waals surface area contributed by atoms with Crippen LogP contribution in [0.15, 0.2) is 48.5 Å². The van der Waals surface area contributed by atoms with Crippen LogP contribution >= 0.6 is 23.2 Å². The van der Waals surface area contributed by atoms with Gasteiger partial charge in [-0.2, -0.15) is 0 Å². The van der Waals surface area contributed by atoms with Crippen molar-refractivity contribution in [3.05, 3.63) is 69.7 Å². The Morgan fingerprint density at radius 1 is 1.05 bits per heavy atom. The molecule has 0 aliphatic carbocycles. The van der Waals surface area contributed by atoms with Crippen LogP contribution in [0.5, 0.6) is 0 Å². The fourth-order valence-electron chi connectivity index (χ4n) is 5.62. The molecule has 1 amide bonds. The SMILES string of the molecule is CCC(CN1CCS(=O)(=O)CC1)N1C(=O)C(CC(=O)O)CC(c2cccc(Cl)c2)C1c1ccc(Cl)cc1. The first kappa shape index (κ1) is 27.9. The van der Waals surface area contributed by atoms with E-state index in [2.05, 4.69) is 4.90 Å². The van der Waals surface area contributed by atoms with Crippen molar-refractivity contribution < 1.29 is 23.1 Å². The molecule has 4 rings (SSSR count). The lowest BCUT2D eigenvalue weighted by Crippen LogP contribution is -2.56. The molecule has 2 aromatic rings. The molecule has 4 atom stereocenters. The minimum Gasteiger partial charge on any atom is -0.481 e. The first-order valence-corrected chi connectivity index (χ1v) is 15.1. The van der Waals surface area contributed by atoms with Gasteiger partial charge in [-0.05, 0) is 48.2 Å². The molecular weight excluding hydrogens is 535 g/mol. The monoisotopic (exact) mass is 566 g/mol. The number of halogens is 2. The smallest absolute Gasteiger partial charge is 0.304 e. The van der Waals surface area contributed by atoms with E-state index >= 15 is 0 Å². The fraction of sp³-hybridized carbons (Fsp3) is 0.481. The molecule has 10 heteroatoms. The van der Waals surface area contributed by atoms with Crippen LogP contribution in [0.25, 0.3) is 0 Å². The molecule has 0 aromatic heterocycles. The maximum Gasteiger partial charge on any atom is 0.304 e. The van der Waals surface area contributed by atoms with E-state index in [0.29, 0.717) is 42.5 Å². The highest BCUT2D eigenvalue weighted by molar-refractivity contribution is 7.91. The van der Waals surface area contributed by atoms with Crippen molar-refractivity contribution in [2.45, 2.75) is 44.2 Å². The average molecular weight is 568 g/mol. The molecule has 0 spiro atoms. The van der Waals surface area contributed by atoms with E-state index in [1.807, 2.05) is 42.2 Å². The first-order chi connectivity index (χ1) is 17.6. The van der Waals surface area contributed by atoms with Crippen molar-refractivity contribution >= 4 is 44.9 Å². The molecule has 200 valence electrons. The van der Waals surface area contributed by atoms with Crippen LogP contribution in [0.2, 0.25) is 10.0 Å². The van der Waals surface area contributed by atoms with E-state index in [-0.39, 0.29) is 41.8 Å². The fourth-order valence-corrected chi connectivity index (χ4v) is 7.22. The normalized spacial score (nSPS) is 25.1. The number of likely N-dealkylation sites (tertiary alicyclic amines) is 1. The highest BCUT2D eigenvalue weighted by Crippen LogP contribution is 2.47. The molecule has 2 aliphatic heterocycles. The molecule has 0 saturated carbocycles. The van der Waals surface area contributed by atoms with E-state index in [1.54, 1.807) is 18.2 Å². The van der Waals surface area contributed by atoms with Crippen molar-refractivity contribution in [3.8, 4) is 0 Å². The number of carbonyl (C=O) groups excluding carboxylic acids is 1. The molecular formula is C27H32Cl2N2O5S. The average Bonchev–Trinajstić information content (AvgIpc) is 2.85. The Labute approximate surface area is 228 Å². The molecule has 2 aromatic carbocycles. The lowest BCUT2D eigenvalue weighted by Gasteiger charge is -2.49. The third-order valence-electron chi connectivity index (χ3n) is 7.50. The Balaban J connectivity index is 1.78. The van der Waals surface area contributed by atoms with E-state index in [0.717, 1.165) is 11.1 Å². The molecule has 37 heavy (non-hydrogen) atoms. The quantitative estimate of drug-likeness (QED) is 0.499. The predicted molar refractivity (Wildman–Crippen MR) is 145 cm³/mol. The van der Waals surface area contributed by atoms with Gasteiger partial charge in [-0.25, -0.2) is 8.42 Å². The number of amides is 1. The summed E-state index contributed by atoms with van der Waals surface area (Å²) in [6, 6.07) is 14.4. The number of hydrogen-bond donors (Lipinski definition) is 1. The standard InChI is InChI=1S/C27H32Cl2N2O5S/c1-2-23(17-30-10-12-37(35,36)13-11-30)31-26(18-6-8-21(28)9-7-18)24(19-4-3-5-22(29)14-19)15-20(27(31)34)16-25(32)33/h3-9,14,20,23-24,26H,2,10-13,15-17H2,1H3,(H,32,33). The third-order valence-corrected chi connectivity index (χ3v) is 9.60. The van der Waals surface area contributed by atoms with E-state index < -0.39 is 21.7 Å². The van der Waals surface area contributed by atoms with Crippen LogP contribution in [0, 0.1) is 5.92 Å². The van der Waals surface area contributed by atoms with Crippen LogP contribution in [0.1, 0.15) is 49.3 Å². The van der Waals surface area contributed by atoms with Crippen molar-refractivity contribution in [1.82, 2.24) is 9.80 Å². The van der Waals surface area contributed by atoms with Crippen LogP contribution in [0.3, 0.4) is 0 Å². The summed E-state index contributed by atoms with van der Waals surface area (Å²) >= 11 is 12.6. The topological polar surface area (TPSA) is 95.0 Å². The number of rotatable bonds is 8. The second kappa shape index (κ2) is 11.7. The number of carbonyl (C=O) groups is 2. The van der Waals surface area contributed by atoms with Gasteiger partial charge in [0.2, 0.25) is 5.91 Å². The number of piperidine rings is 1. The zero-order valence-corrected chi connectivity index (χ0v) is 23.1. The summed E-state index contributed by atoms with van der Waals surface area (Å²) in [6.07, 6.45) is 0.771. The summed E-state index contributed by atoms with van der Waals surface area (Å²) < 4.78 is 23.9. The van der Waals surface area contributed by atoms with Gasteiger partial charge >= 0.3 is 5.97 Å². The van der Waals surface area contributed by atoms with Gasteiger partial charge in [0.25, 0.3) is 0 Å². The van der Waals surface area contributed by atoms with Crippen LogP contribution in [-0.4, -0.2) is 72.4 Å². The molecule has 7 nitrogen and oxygen atoms in total. The molecule has 2 aliphatic rings. The Kier molecular flexibility index (Phi) is 8.84. The van der Waals surface area contributed by atoms with E-state index in [1.165, 1.54) is 0 Å². The number of benzene rings is 2. The van der Waals surface area contributed by atoms with E-state index in [9.17, 15) is 23.1 Å². The Morgan fingerprint density at radius 2 is 1.73 bits per heavy atom. The van der Waals surface area contributed by atoms with Crippen molar-refractivity contribution in [3.63, 3.8) is 0 Å². The Hall–Kier alpha value is -2.13. The molecule has 2 heterocycles. The number of sulfone groups is 1. The minimum absolute atomic E-state index is 0.102. The molecule has 2 saturated heterocycles. The number of hydrogen-bond acceptors (Lipinski definition) is 5. The van der Waals surface area contributed by atoms with Gasteiger partial charge in [0.15, 0.2) is 9.84 Å². The Morgan fingerprint density at radius 3 is 2.32 bits per heavy atom. The number of carboxylic acids is 1. The largest absolute Gasteiger partial charge is 0.481 e. The summed E-state index contributed by atoms with van der Waals surface area (Å²) in [6.45, 7) is 3.36. The summed E-state index contributed by atoms with van der Waals surface area (Å²) in [5.74, 6) is -1.85. The third kappa shape index (κ3) is 6.66. The van der Waals surface area contributed by atoms with Gasteiger partial charge < -0.3 is 10.0 Å². The number of nitrogens with zero attached hydrogens (tertiary/aromatic N) is 2. The van der Waals surface area contributed by atoms with Crippen LogP contribution in [-0.2, 0) is 19.4 Å². The van der Waals surface area contributed by atoms with Crippen LogP contribution in [0.4, 0.5) is 0 Å². The van der Waals surface area contributed by atoms with Gasteiger partial charge in [0.05, 0.1) is 24.0 Å². The lowest BCUT2D eigenvalue weighted by molar-refractivity contribution is -0.152. The van der Waals surface area contributed by atoms with E-state index in [4.69, 9.17) is 23.2 Å². The van der Waals surface area contributed by atoms with Gasteiger partial charge in [-0.3, -0.25) is 14.5 Å². The van der Waals surface area contributed by atoms with Crippen molar-refractivity contribution in [2.75, 3.05) is 31.1 Å². The number of aliphatic carboxylic acids is 1. The molecule has 0 bridgehead atoms. The predicted octanol–water partition coefficient (Wildman–Crippen LogP) is 4.65. The molecule has 2 fully saturated rings. The summed E-state index contributed by atoms with van der Waals surface area (Å²) in [5, 5.41) is 10.8. The van der Waals surface area contributed by atoms with Crippen molar-refractivity contribution in [2.24, 2.45) is 5.92 Å². The van der Waals surface area contributed by atoms with Gasteiger partial charge in [-0.15, -0.1) is 0 Å². The van der Waals surface area contributed by atoms with Crippen LogP contribution < -0.4 is 0 Å². The molecule has 0 radical (unpaired) electrons. The highest BCUT2D eigenvalue weighted by atomic mass is 35.5. The van der Waals surface area contributed by atoms with Gasteiger partial charge in [0, 0.05) is 47.6 Å². The minimum atomic E-state index is -3.04. The second-order valence-corrected chi connectivity index (χ2v) is 13.1. The maximum atomic E-state index is 14.0.